The van der Waals surface area contributed by atoms with Crippen molar-refractivity contribution in [2.45, 2.75) is 37.8 Å². The zero-order valence-corrected chi connectivity index (χ0v) is 18.2. The molecule has 2 aliphatic rings. The number of benzene rings is 1. The summed E-state index contributed by atoms with van der Waals surface area (Å²) in [6, 6.07) is 5.93. The summed E-state index contributed by atoms with van der Waals surface area (Å²) in [7, 11) is 1.72. The minimum atomic E-state index is -0.830. The fourth-order valence-corrected chi connectivity index (χ4v) is 4.43. The molecule has 0 bridgehead atoms. The van der Waals surface area contributed by atoms with Gasteiger partial charge in [-0.15, -0.1) is 0 Å². The van der Waals surface area contributed by atoms with Crippen molar-refractivity contribution in [3.8, 4) is 0 Å². The molecule has 2 atom stereocenters. The number of nitrogen functional groups attached to an aromatic ring is 1. The van der Waals surface area contributed by atoms with Gasteiger partial charge < -0.3 is 16.4 Å². The van der Waals surface area contributed by atoms with Crippen LogP contribution in [0.2, 0.25) is 5.02 Å². The van der Waals surface area contributed by atoms with Gasteiger partial charge in [-0.1, -0.05) is 30.3 Å². The predicted molar refractivity (Wildman–Crippen MR) is 119 cm³/mol. The van der Waals surface area contributed by atoms with E-state index < -0.39 is 12.1 Å². The molecule has 166 valence electrons. The summed E-state index contributed by atoms with van der Waals surface area (Å²) in [6.45, 7) is 4.09. The van der Waals surface area contributed by atoms with Gasteiger partial charge in [-0.25, -0.2) is 4.39 Å². The van der Waals surface area contributed by atoms with Gasteiger partial charge in [0.25, 0.3) is 5.91 Å². The summed E-state index contributed by atoms with van der Waals surface area (Å²) >= 11 is 6.23. The standard InChI is InChI=1S/C15H17ClN4O.C7H10FNO/c1-20-14(17)12(15(18)21)13(19-20)9-5-6-10-8(7-9)3-2-4-11(10)16;1-2-7(10)9-4-3-6(8)5-9/h2-4,9H,5-7,17H2,1H3,(H2,18,21);2,6H,1,3-5H2. The first-order valence-corrected chi connectivity index (χ1v) is 10.5. The lowest BCUT2D eigenvalue weighted by Crippen LogP contribution is -2.26. The van der Waals surface area contributed by atoms with Crippen LogP contribution in [0.3, 0.4) is 0 Å². The molecular formula is C22H27ClFN5O2. The number of nitrogens with zero attached hydrogens (tertiary/aromatic N) is 3. The van der Waals surface area contributed by atoms with Crippen molar-refractivity contribution in [3.05, 3.63) is 58.3 Å². The number of anilines is 1. The van der Waals surface area contributed by atoms with Crippen molar-refractivity contribution in [1.82, 2.24) is 14.7 Å². The van der Waals surface area contributed by atoms with Gasteiger partial charge in [0, 0.05) is 24.5 Å². The molecule has 2 heterocycles. The number of carbonyl (C=O) groups is 2. The Hall–Kier alpha value is -2.87. The van der Waals surface area contributed by atoms with E-state index in [1.54, 1.807) is 7.05 Å². The lowest BCUT2D eigenvalue weighted by Gasteiger charge is -2.24. The maximum absolute atomic E-state index is 12.4. The lowest BCUT2D eigenvalue weighted by molar-refractivity contribution is -0.125. The number of carbonyl (C=O) groups excluding carboxylic acids is 2. The van der Waals surface area contributed by atoms with Gasteiger partial charge in [-0.2, -0.15) is 5.10 Å². The monoisotopic (exact) mass is 447 g/mol. The largest absolute Gasteiger partial charge is 0.383 e. The van der Waals surface area contributed by atoms with E-state index >= 15 is 0 Å². The van der Waals surface area contributed by atoms with E-state index in [4.69, 9.17) is 23.1 Å². The van der Waals surface area contributed by atoms with Crippen LogP contribution in [0.4, 0.5) is 10.2 Å². The second-order valence-corrected chi connectivity index (χ2v) is 8.23. The Morgan fingerprint density at radius 3 is 2.71 bits per heavy atom. The molecule has 0 spiro atoms. The Bertz CT molecular complexity index is 1010. The van der Waals surface area contributed by atoms with Crippen molar-refractivity contribution in [2.75, 3.05) is 18.8 Å². The number of nitrogens with two attached hydrogens (primary N) is 2. The van der Waals surface area contributed by atoms with Crippen LogP contribution < -0.4 is 11.5 Å². The molecule has 7 nitrogen and oxygen atoms in total. The van der Waals surface area contributed by atoms with Crippen LogP contribution in [0, 0.1) is 0 Å². The minimum absolute atomic E-state index is 0.141. The van der Waals surface area contributed by atoms with Gasteiger partial charge in [0.15, 0.2) is 0 Å². The van der Waals surface area contributed by atoms with Crippen molar-refractivity contribution in [2.24, 2.45) is 12.8 Å². The molecule has 1 aromatic carbocycles. The Labute approximate surface area is 185 Å². The van der Waals surface area contributed by atoms with Crippen molar-refractivity contribution < 1.29 is 14.0 Å². The van der Waals surface area contributed by atoms with Crippen LogP contribution in [0.1, 0.15) is 45.9 Å². The van der Waals surface area contributed by atoms with Gasteiger partial charge in [0.1, 0.15) is 17.6 Å². The number of aryl methyl sites for hydroxylation is 1. The van der Waals surface area contributed by atoms with E-state index in [1.807, 2.05) is 12.1 Å². The predicted octanol–water partition coefficient (Wildman–Crippen LogP) is 2.77. The van der Waals surface area contributed by atoms with Crippen molar-refractivity contribution in [1.29, 1.82) is 0 Å². The second kappa shape index (κ2) is 9.51. The van der Waals surface area contributed by atoms with Gasteiger partial charge in [-0.05, 0) is 49.0 Å². The highest BCUT2D eigenvalue weighted by atomic mass is 35.5. The molecule has 2 aromatic rings. The number of alkyl halides is 1. The van der Waals surface area contributed by atoms with Gasteiger partial charge in [0.05, 0.1) is 12.2 Å². The Morgan fingerprint density at radius 2 is 2.10 bits per heavy atom. The number of aromatic nitrogens is 2. The van der Waals surface area contributed by atoms with Crippen LogP contribution >= 0.6 is 11.6 Å². The molecule has 1 aliphatic carbocycles. The zero-order chi connectivity index (χ0) is 22.7. The number of rotatable bonds is 3. The molecule has 1 fully saturated rings. The smallest absolute Gasteiger partial charge is 0.254 e. The molecular weight excluding hydrogens is 421 g/mol. The SMILES string of the molecule is C=CC(=O)N1CCC(F)C1.Cn1nc(C2CCc3c(Cl)cccc3C2)c(C(N)=O)c1N. The molecule has 1 aromatic heterocycles. The van der Waals surface area contributed by atoms with Crippen molar-refractivity contribution in [3.63, 3.8) is 0 Å². The summed E-state index contributed by atoms with van der Waals surface area (Å²) in [4.78, 5) is 23.9. The van der Waals surface area contributed by atoms with E-state index in [2.05, 4.69) is 17.7 Å². The maximum Gasteiger partial charge on any atom is 0.254 e. The molecule has 9 heteroatoms. The number of primary amides is 1. The minimum Gasteiger partial charge on any atom is -0.383 e. The van der Waals surface area contributed by atoms with Crippen LogP contribution in [0.15, 0.2) is 30.9 Å². The third kappa shape index (κ3) is 4.90. The maximum atomic E-state index is 12.4. The normalized spacial score (nSPS) is 19.9. The third-order valence-electron chi connectivity index (χ3n) is 5.79. The Morgan fingerprint density at radius 1 is 1.35 bits per heavy atom. The second-order valence-electron chi connectivity index (χ2n) is 7.82. The zero-order valence-electron chi connectivity index (χ0n) is 17.5. The highest BCUT2D eigenvalue weighted by molar-refractivity contribution is 6.31. The summed E-state index contributed by atoms with van der Waals surface area (Å²) in [5, 5.41) is 5.22. The van der Waals surface area contributed by atoms with Crippen LogP contribution in [-0.2, 0) is 24.7 Å². The van der Waals surface area contributed by atoms with E-state index in [0.29, 0.717) is 30.0 Å². The van der Waals surface area contributed by atoms with Gasteiger partial charge in [-0.3, -0.25) is 14.3 Å². The summed E-state index contributed by atoms with van der Waals surface area (Å²) < 4.78 is 14.0. The molecule has 0 radical (unpaired) electrons. The molecule has 2 unspecified atom stereocenters. The van der Waals surface area contributed by atoms with Crippen LogP contribution in [0.25, 0.3) is 0 Å². The first kappa shape index (κ1) is 22.8. The number of likely N-dealkylation sites (tertiary alicyclic amines) is 1. The van der Waals surface area contributed by atoms with E-state index in [1.165, 1.54) is 26.8 Å². The molecule has 1 saturated heterocycles. The number of amides is 2. The lowest BCUT2D eigenvalue weighted by atomic mass is 9.81. The fraction of sp³-hybridized carbons (Fsp3) is 0.409. The quantitative estimate of drug-likeness (QED) is 0.705. The summed E-state index contributed by atoms with van der Waals surface area (Å²) in [5.74, 6) is -0.219. The van der Waals surface area contributed by atoms with E-state index in [9.17, 15) is 14.0 Å². The van der Waals surface area contributed by atoms with E-state index in [-0.39, 0.29) is 18.4 Å². The molecule has 0 saturated carbocycles. The summed E-state index contributed by atoms with van der Waals surface area (Å²) in [5.41, 5.74) is 14.8. The van der Waals surface area contributed by atoms with E-state index in [0.717, 1.165) is 24.3 Å². The number of halogens is 2. The first-order chi connectivity index (χ1) is 14.7. The highest BCUT2D eigenvalue weighted by Gasteiger charge is 2.29. The van der Waals surface area contributed by atoms with Crippen LogP contribution in [-0.4, -0.2) is 45.8 Å². The molecule has 4 N–H and O–H groups in total. The number of fused-ring (bicyclic) bond motifs is 1. The number of hydrogen-bond acceptors (Lipinski definition) is 4. The van der Waals surface area contributed by atoms with Gasteiger partial charge in [0.2, 0.25) is 5.91 Å². The fourth-order valence-electron chi connectivity index (χ4n) is 4.14. The number of hydrogen-bond donors (Lipinski definition) is 2. The Balaban J connectivity index is 0.000000229. The molecule has 1 aliphatic heterocycles. The highest BCUT2D eigenvalue weighted by Crippen LogP contribution is 2.37. The van der Waals surface area contributed by atoms with Crippen LogP contribution in [0.5, 0.6) is 0 Å². The third-order valence-corrected chi connectivity index (χ3v) is 6.15. The topological polar surface area (TPSA) is 107 Å². The van der Waals surface area contributed by atoms with Gasteiger partial charge >= 0.3 is 0 Å². The van der Waals surface area contributed by atoms with Crippen molar-refractivity contribution >= 4 is 29.2 Å². The average molecular weight is 448 g/mol. The average Bonchev–Trinajstić information content (AvgIpc) is 3.31. The first-order valence-electron chi connectivity index (χ1n) is 10.2. The summed E-state index contributed by atoms with van der Waals surface area (Å²) in [6.07, 6.45) is 3.41. The molecule has 31 heavy (non-hydrogen) atoms. The molecule has 4 rings (SSSR count). The molecule has 2 amide bonds. The Kier molecular flexibility index (Phi) is 7.00.